The molecule has 2 saturated heterocycles. The SMILES string of the molecule is C=C(C#N)CN1CCC(O)CC1.C=C(C#N)CN1CCCCC1. The summed E-state index contributed by atoms with van der Waals surface area (Å²) in [6, 6.07) is 4.10. The summed E-state index contributed by atoms with van der Waals surface area (Å²) >= 11 is 0. The standard InChI is InChI=1S/C9H14N2O.C9H14N2/c1-8(6-10)7-11-4-2-9(12)3-5-11;1-9(7-10)8-11-5-3-2-4-6-11/h9,12H,1-5,7H2;1-6,8H2. The van der Waals surface area contributed by atoms with E-state index in [4.69, 9.17) is 10.5 Å². The maximum Gasteiger partial charge on any atom is 0.0954 e. The molecule has 5 heteroatoms. The summed E-state index contributed by atoms with van der Waals surface area (Å²) in [6.45, 7) is 12.7. The molecule has 0 bridgehead atoms. The Morgan fingerprint density at radius 2 is 1.30 bits per heavy atom. The third kappa shape index (κ3) is 8.52. The molecule has 0 unspecified atom stereocenters. The molecular weight excluding hydrogens is 288 g/mol. The van der Waals surface area contributed by atoms with E-state index in [9.17, 15) is 5.11 Å². The molecule has 23 heavy (non-hydrogen) atoms. The highest BCUT2D eigenvalue weighted by Crippen LogP contribution is 2.11. The zero-order valence-electron chi connectivity index (χ0n) is 14.0. The number of rotatable bonds is 4. The Kier molecular flexibility index (Phi) is 9.24. The van der Waals surface area contributed by atoms with E-state index in [-0.39, 0.29) is 6.10 Å². The molecule has 0 amide bonds. The molecule has 0 aromatic rings. The predicted molar refractivity (Wildman–Crippen MR) is 91.5 cm³/mol. The molecular formula is C18H28N4O. The molecule has 2 aliphatic heterocycles. The van der Waals surface area contributed by atoms with Crippen LogP contribution < -0.4 is 0 Å². The van der Waals surface area contributed by atoms with Crippen LogP contribution in [0.15, 0.2) is 24.3 Å². The lowest BCUT2D eigenvalue weighted by Crippen LogP contribution is -2.36. The van der Waals surface area contributed by atoms with Gasteiger partial charge < -0.3 is 5.11 Å². The number of aliphatic hydroxyl groups excluding tert-OH is 1. The zero-order chi connectivity index (χ0) is 17.1. The van der Waals surface area contributed by atoms with Gasteiger partial charge in [-0.25, -0.2) is 0 Å². The van der Waals surface area contributed by atoms with Crippen molar-refractivity contribution < 1.29 is 5.11 Å². The molecule has 0 saturated carbocycles. The van der Waals surface area contributed by atoms with Crippen LogP contribution in [0.3, 0.4) is 0 Å². The van der Waals surface area contributed by atoms with Gasteiger partial charge in [-0.15, -0.1) is 0 Å². The van der Waals surface area contributed by atoms with Crippen molar-refractivity contribution >= 4 is 0 Å². The number of hydrogen-bond donors (Lipinski definition) is 1. The molecule has 0 radical (unpaired) electrons. The maximum absolute atomic E-state index is 9.20. The molecule has 1 N–H and O–H groups in total. The van der Waals surface area contributed by atoms with Crippen LogP contribution >= 0.6 is 0 Å². The maximum atomic E-state index is 9.20. The van der Waals surface area contributed by atoms with Crippen LogP contribution in [-0.4, -0.2) is 60.3 Å². The zero-order valence-corrected chi connectivity index (χ0v) is 14.0. The van der Waals surface area contributed by atoms with E-state index in [1.165, 1.54) is 19.3 Å². The first-order valence-electron chi connectivity index (χ1n) is 8.33. The van der Waals surface area contributed by atoms with Crippen molar-refractivity contribution in [1.82, 2.24) is 9.80 Å². The van der Waals surface area contributed by atoms with E-state index in [1.807, 2.05) is 6.07 Å². The van der Waals surface area contributed by atoms with Crippen LogP contribution in [0.4, 0.5) is 0 Å². The van der Waals surface area contributed by atoms with Crippen molar-refractivity contribution in [2.45, 2.75) is 38.2 Å². The van der Waals surface area contributed by atoms with Gasteiger partial charge in [0.1, 0.15) is 0 Å². The molecule has 2 fully saturated rings. The van der Waals surface area contributed by atoms with Crippen LogP contribution in [0.2, 0.25) is 0 Å². The van der Waals surface area contributed by atoms with Gasteiger partial charge in [0.05, 0.1) is 18.2 Å². The number of aliphatic hydroxyl groups is 1. The summed E-state index contributed by atoms with van der Waals surface area (Å²) in [5.74, 6) is 0. The minimum absolute atomic E-state index is 0.142. The molecule has 0 aromatic heterocycles. The lowest BCUT2D eigenvalue weighted by atomic mass is 10.1. The average Bonchev–Trinajstić information content (AvgIpc) is 2.58. The van der Waals surface area contributed by atoms with Gasteiger partial charge in [0.15, 0.2) is 0 Å². The lowest BCUT2D eigenvalue weighted by Gasteiger charge is -2.28. The van der Waals surface area contributed by atoms with E-state index >= 15 is 0 Å². The van der Waals surface area contributed by atoms with Crippen LogP contribution in [0, 0.1) is 22.7 Å². The van der Waals surface area contributed by atoms with Gasteiger partial charge in [0.25, 0.3) is 0 Å². The van der Waals surface area contributed by atoms with Gasteiger partial charge in [-0.1, -0.05) is 19.6 Å². The third-order valence-electron chi connectivity index (χ3n) is 4.15. The first-order valence-corrected chi connectivity index (χ1v) is 8.33. The van der Waals surface area contributed by atoms with Gasteiger partial charge in [-0.3, -0.25) is 9.80 Å². The van der Waals surface area contributed by atoms with Gasteiger partial charge >= 0.3 is 0 Å². The molecule has 0 aromatic carbocycles. The summed E-state index contributed by atoms with van der Waals surface area (Å²) in [5.41, 5.74) is 1.29. The van der Waals surface area contributed by atoms with E-state index in [2.05, 4.69) is 29.0 Å². The average molecular weight is 316 g/mol. The first-order chi connectivity index (χ1) is 11.0. The highest BCUT2D eigenvalue weighted by molar-refractivity contribution is 5.18. The van der Waals surface area contributed by atoms with Gasteiger partial charge in [0.2, 0.25) is 0 Å². The van der Waals surface area contributed by atoms with E-state index in [0.717, 1.165) is 45.6 Å². The Hall–Kier alpha value is -1.66. The Balaban J connectivity index is 0.000000231. The van der Waals surface area contributed by atoms with Crippen molar-refractivity contribution in [3.05, 3.63) is 24.3 Å². The van der Waals surface area contributed by atoms with Crippen LogP contribution in [-0.2, 0) is 0 Å². The fraction of sp³-hybridized carbons (Fsp3) is 0.667. The minimum atomic E-state index is -0.142. The smallest absolute Gasteiger partial charge is 0.0954 e. The summed E-state index contributed by atoms with van der Waals surface area (Å²) in [7, 11) is 0. The quantitative estimate of drug-likeness (QED) is 0.804. The molecule has 2 heterocycles. The van der Waals surface area contributed by atoms with Crippen molar-refractivity contribution in [3.8, 4) is 12.1 Å². The molecule has 0 spiro atoms. The normalized spacial score (nSPS) is 19.8. The van der Waals surface area contributed by atoms with Crippen molar-refractivity contribution in [2.75, 3.05) is 39.3 Å². The fourth-order valence-electron chi connectivity index (χ4n) is 2.81. The summed E-state index contributed by atoms with van der Waals surface area (Å²) < 4.78 is 0. The second-order valence-corrected chi connectivity index (χ2v) is 6.27. The second-order valence-electron chi connectivity index (χ2n) is 6.27. The minimum Gasteiger partial charge on any atom is -0.393 e. The third-order valence-corrected chi connectivity index (χ3v) is 4.15. The summed E-state index contributed by atoms with van der Waals surface area (Å²) in [4.78, 5) is 4.45. The number of nitriles is 2. The van der Waals surface area contributed by atoms with Crippen LogP contribution in [0.5, 0.6) is 0 Å². The number of nitrogens with zero attached hydrogens (tertiary/aromatic N) is 4. The molecule has 5 nitrogen and oxygen atoms in total. The Morgan fingerprint density at radius 3 is 1.74 bits per heavy atom. The van der Waals surface area contributed by atoms with Gasteiger partial charge in [0, 0.05) is 37.3 Å². The van der Waals surface area contributed by atoms with Gasteiger partial charge in [-0.2, -0.15) is 10.5 Å². The fourth-order valence-corrected chi connectivity index (χ4v) is 2.81. The topological polar surface area (TPSA) is 74.3 Å². The Bertz CT molecular complexity index is 460. The van der Waals surface area contributed by atoms with E-state index in [1.54, 1.807) is 0 Å². The molecule has 0 atom stereocenters. The summed E-state index contributed by atoms with van der Waals surface area (Å²) in [5, 5.41) is 26.2. The molecule has 126 valence electrons. The molecule has 2 aliphatic rings. The lowest BCUT2D eigenvalue weighted by molar-refractivity contribution is 0.0873. The summed E-state index contributed by atoms with van der Waals surface area (Å²) in [6.07, 6.45) is 5.39. The van der Waals surface area contributed by atoms with Crippen molar-refractivity contribution in [3.63, 3.8) is 0 Å². The monoisotopic (exact) mass is 316 g/mol. The number of hydrogen-bond acceptors (Lipinski definition) is 5. The van der Waals surface area contributed by atoms with Crippen LogP contribution in [0.25, 0.3) is 0 Å². The van der Waals surface area contributed by atoms with Crippen LogP contribution in [0.1, 0.15) is 32.1 Å². The van der Waals surface area contributed by atoms with E-state index < -0.39 is 0 Å². The number of likely N-dealkylation sites (tertiary alicyclic amines) is 2. The Morgan fingerprint density at radius 1 is 0.870 bits per heavy atom. The molecule has 0 aliphatic carbocycles. The molecule has 2 rings (SSSR count). The van der Waals surface area contributed by atoms with Crippen molar-refractivity contribution in [2.24, 2.45) is 0 Å². The van der Waals surface area contributed by atoms with Crippen molar-refractivity contribution in [1.29, 1.82) is 10.5 Å². The highest BCUT2D eigenvalue weighted by Gasteiger charge is 2.16. The van der Waals surface area contributed by atoms with E-state index in [0.29, 0.717) is 17.7 Å². The second kappa shape index (κ2) is 11.0. The largest absolute Gasteiger partial charge is 0.393 e. The highest BCUT2D eigenvalue weighted by atomic mass is 16.3. The predicted octanol–water partition coefficient (Wildman–Crippen LogP) is 2.07. The Labute approximate surface area is 140 Å². The van der Waals surface area contributed by atoms with Gasteiger partial charge in [-0.05, 0) is 38.8 Å². The number of piperidine rings is 2. The first kappa shape index (κ1) is 19.4.